The molecular formula is C18H17FN2OS. The maximum absolute atomic E-state index is 12.9. The third kappa shape index (κ3) is 3.99. The maximum Gasteiger partial charge on any atom is 0.243 e. The van der Waals surface area contributed by atoms with Crippen molar-refractivity contribution in [3.63, 3.8) is 0 Å². The number of thioether (sulfide) groups is 1. The standard InChI is InChI=1S/C18H17FN2OS/c1-23-15-4-2-3-12(9-15)11-20-21-18(22)17-10-16(17)13-5-7-14(19)8-6-13/h2-9,11,16-17H,10H2,1H3,(H,21,22). The molecule has 1 aliphatic rings. The first-order valence-corrected chi connectivity index (χ1v) is 8.62. The SMILES string of the molecule is CSc1cccc(C=NNC(=O)C2CC2c2ccc(F)cc2)c1. The van der Waals surface area contributed by atoms with Crippen LogP contribution in [0.3, 0.4) is 0 Å². The lowest BCUT2D eigenvalue weighted by atomic mass is 10.1. The van der Waals surface area contributed by atoms with Gasteiger partial charge in [0.05, 0.1) is 6.21 Å². The van der Waals surface area contributed by atoms with Crippen molar-refractivity contribution in [2.24, 2.45) is 11.0 Å². The number of amides is 1. The number of carbonyl (C=O) groups is 1. The van der Waals surface area contributed by atoms with Gasteiger partial charge in [-0.2, -0.15) is 5.10 Å². The zero-order chi connectivity index (χ0) is 16.2. The number of hydrogen-bond donors (Lipinski definition) is 1. The molecule has 0 bridgehead atoms. The van der Waals surface area contributed by atoms with E-state index in [0.717, 1.165) is 22.4 Å². The summed E-state index contributed by atoms with van der Waals surface area (Å²) in [6, 6.07) is 14.3. The monoisotopic (exact) mass is 328 g/mol. The van der Waals surface area contributed by atoms with E-state index in [2.05, 4.69) is 10.5 Å². The van der Waals surface area contributed by atoms with Gasteiger partial charge in [0.25, 0.3) is 0 Å². The van der Waals surface area contributed by atoms with Gasteiger partial charge in [-0.15, -0.1) is 11.8 Å². The van der Waals surface area contributed by atoms with Crippen LogP contribution >= 0.6 is 11.8 Å². The van der Waals surface area contributed by atoms with Crippen molar-refractivity contribution < 1.29 is 9.18 Å². The summed E-state index contributed by atoms with van der Waals surface area (Å²) in [6.45, 7) is 0. The van der Waals surface area contributed by atoms with Crippen LogP contribution in [0.2, 0.25) is 0 Å². The normalized spacial score (nSPS) is 19.7. The van der Waals surface area contributed by atoms with Crippen molar-refractivity contribution in [1.29, 1.82) is 0 Å². The van der Waals surface area contributed by atoms with E-state index in [9.17, 15) is 9.18 Å². The fourth-order valence-corrected chi connectivity index (χ4v) is 3.01. The van der Waals surface area contributed by atoms with E-state index in [1.54, 1.807) is 30.1 Å². The summed E-state index contributed by atoms with van der Waals surface area (Å²) in [4.78, 5) is 13.2. The van der Waals surface area contributed by atoms with Crippen LogP contribution in [0, 0.1) is 11.7 Å². The molecule has 118 valence electrons. The van der Waals surface area contributed by atoms with Gasteiger partial charge in [-0.3, -0.25) is 4.79 Å². The first kappa shape index (κ1) is 15.7. The van der Waals surface area contributed by atoms with Crippen molar-refractivity contribution in [2.75, 3.05) is 6.26 Å². The van der Waals surface area contributed by atoms with Gasteiger partial charge in [0.2, 0.25) is 5.91 Å². The minimum Gasteiger partial charge on any atom is -0.273 e. The van der Waals surface area contributed by atoms with Gasteiger partial charge < -0.3 is 0 Å². The largest absolute Gasteiger partial charge is 0.273 e. The molecule has 1 N–H and O–H groups in total. The lowest BCUT2D eigenvalue weighted by molar-refractivity contribution is -0.122. The Kier molecular flexibility index (Phi) is 4.76. The number of hydrazone groups is 1. The molecule has 2 aromatic rings. The number of nitrogens with zero attached hydrogens (tertiary/aromatic N) is 1. The Morgan fingerprint density at radius 2 is 2.09 bits per heavy atom. The number of halogens is 1. The number of hydrogen-bond acceptors (Lipinski definition) is 3. The summed E-state index contributed by atoms with van der Waals surface area (Å²) < 4.78 is 12.9. The van der Waals surface area contributed by atoms with Crippen LogP contribution in [0.4, 0.5) is 4.39 Å². The van der Waals surface area contributed by atoms with Gasteiger partial charge in [-0.05, 0) is 54.0 Å². The predicted molar refractivity (Wildman–Crippen MR) is 91.2 cm³/mol. The highest BCUT2D eigenvalue weighted by molar-refractivity contribution is 7.98. The summed E-state index contributed by atoms with van der Waals surface area (Å²) >= 11 is 1.66. The highest BCUT2D eigenvalue weighted by Gasteiger charge is 2.43. The van der Waals surface area contributed by atoms with Crippen molar-refractivity contribution >= 4 is 23.9 Å². The molecule has 1 amide bonds. The molecule has 1 fully saturated rings. The van der Waals surface area contributed by atoms with E-state index < -0.39 is 0 Å². The minimum absolute atomic E-state index is 0.0739. The van der Waals surface area contributed by atoms with E-state index in [0.29, 0.717) is 0 Å². The molecule has 23 heavy (non-hydrogen) atoms. The minimum atomic E-state index is -0.257. The second-order valence-electron chi connectivity index (χ2n) is 5.51. The Bertz CT molecular complexity index is 730. The molecule has 0 radical (unpaired) electrons. The van der Waals surface area contributed by atoms with Gasteiger partial charge in [0, 0.05) is 10.8 Å². The molecule has 0 aliphatic heterocycles. The summed E-state index contributed by atoms with van der Waals surface area (Å²) in [5.74, 6) is -0.246. The first-order valence-electron chi connectivity index (χ1n) is 7.40. The Labute approximate surface area is 139 Å². The Morgan fingerprint density at radius 1 is 1.30 bits per heavy atom. The third-order valence-electron chi connectivity index (χ3n) is 3.91. The molecule has 2 atom stereocenters. The molecule has 5 heteroatoms. The highest BCUT2D eigenvalue weighted by Crippen LogP contribution is 2.47. The van der Waals surface area contributed by atoms with Gasteiger partial charge >= 0.3 is 0 Å². The van der Waals surface area contributed by atoms with E-state index in [-0.39, 0.29) is 23.6 Å². The second-order valence-corrected chi connectivity index (χ2v) is 6.39. The Hall–Kier alpha value is -2.14. The zero-order valence-electron chi connectivity index (χ0n) is 12.7. The summed E-state index contributed by atoms with van der Waals surface area (Å²) in [5, 5.41) is 4.03. The molecular weight excluding hydrogens is 311 g/mol. The third-order valence-corrected chi connectivity index (χ3v) is 4.63. The van der Waals surface area contributed by atoms with Crippen molar-refractivity contribution in [3.8, 4) is 0 Å². The molecule has 0 spiro atoms. The van der Waals surface area contributed by atoms with Gasteiger partial charge in [-0.25, -0.2) is 9.82 Å². The highest BCUT2D eigenvalue weighted by atomic mass is 32.2. The molecule has 3 nitrogen and oxygen atoms in total. The lowest BCUT2D eigenvalue weighted by Crippen LogP contribution is -2.20. The number of carbonyl (C=O) groups excluding carboxylic acids is 1. The van der Waals surface area contributed by atoms with Gasteiger partial charge in [0.1, 0.15) is 5.82 Å². The van der Waals surface area contributed by atoms with E-state index >= 15 is 0 Å². The molecule has 1 saturated carbocycles. The van der Waals surface area contributed by atoms with Gasteiger partial charge in [-0.1, -0.05) is 24.3 Å². The van der Waals surface area contributed by atoms with Gasteiger partial charge in [0.15, 0.2) is 0 Å². The molecule has 3 rings (SSSR count). The van der Waals surface area contributed by atoms with Crippen LogP contribution in [-0.4, -0.2) is 18.4 Å². The van der Waals surface area contributed by atoms with E-state index in [4.69, 9.17) is 0 Å². The average Bonchev–Trinajstić information content (AvgIpc) is 3.36. The predicted octanol–water partition coefficient (Wildman–Crippen LogP) is 3.80. The Balaban J connectivity index is 1.54. The van der Waals surface area contributed by atoms with Crippen LogP contribution < -0.4 is 5.43 Å². The zero-order valence-corrected chi connectivity index (χ0v) is 13.5. The number of nitrogens with one attached hydrogen (secondary N) is 1. The molecule has 1 aliphatic carbocycles. The molecule has 2 aromatic carbocycles. The summed E-state index contributed by atoms with van der Waals surface area (Å²) in [7, 11) is 0. The fourth-order valence-electron chi connectivity index (χ4n) is 2.54. The summed E-state index contributed by atoms with van der Waals surface area (Å²) in [6.07, 6.45) is 4.45. The molecule has 0 heterocycles. The molecule has 0 saturated heterocycles. The van der Waals surface area contributed by atoms with Crippen LogP contribution in [0.1, 0.15) is 23.5 Å². The smallest absolute Gasteiger partial charge is 0.243 e. The van der Waals surface area contributed by atoms with Crippen molar-refractivity contribution in [3.05, 3.63) is 65.5 Å². The quantitative estimate of drug-likeness (QED) is 0.515. The van der Waals surface area contributed by atoms with Crippen molar-refractivity contribution in [1.82, 2.24) is 5.43 Å². The average molecular weight is 328 g/mol. The molecule has 2 unspecified atom stereocenters. The van der Waals surface area contributed by atoms with Crippen LogP contribution in [0.5, 0.6) is 0 Å². The number of rotatable bonds is 5. The van der Waals surface area contributed by atoms with Crippen molar-refractivity contribution in [2.45, 2.75) is 17.2 Å². The fraction of sp³-hybridized carbons (Fsp3) is 0.222. The first-order chi connectivity index (χ1) is 11.2. The van der Waals surface area contributed by atoms with Crippen LogP contribution in [-0.2, 0) is 4.79 Å². The second kappa shape index (κ2) is 6.96. The summed E-state index contributed by atoms with van der Waals surface area (Å²) in [5.41, 5.74) is 4.54. The lowest BCUT2D eigenvalue weighted by Gasteiger charge is -2.01. The Morgan fingerprint density at radius 3 is 2.83 bits per heavy atom. The van der Waals surface area contributed by atoms with Crippen LogP contribution in [0.25, 0.3) is 0 Å². The van der Waals surface area contributed by atoms with E-state index in [1.165, 1.54) is 12.1 Å². The number of benzene rings is 2. The molecule has 0 aromatic heterocycles. The maximum atomic E-state index is 12.9. The topological polar surface area (TPSA) is 41.5 Å². The van der Waals surface area contributed by atoms with Crippen LogP contribution in [0.15, 0.2) is 58.5 Å². The van der Waals surface area contributed by atoms with E-state index in [1.807, 2.05) is 30.5 Å².